The maximum Gasteiger partial charge on any atom is 0.308 e. The van der Waals surface area contributed by atoms with Crippen LogP contribution in [0.15, 0.2) is 24.3 Å². The molecule has 0 spiro atoms. The minimum Gasteiger partial charge on any atom is -0.493 e. The number of nitrogens with one attached hydrogen (secondary N) is 1. The molecule has 3 aliphatic heterocycles. The lowest BCUT2D eigenvalue weighted by molar-refractivity contribution is -0.150. The topological polar surface area (TPSA) is 67.9 Å². The van der Waals surface area contributed by atoms with Crippen LogP contribution in [0.2, 0.25) is 0 Å². The van der Waals surface area contributed by atoms with Gasteiger partial charge >= 0.3 is 5.97 Å². The summed E-state index contributed by atoms with van der Waals surface area (Å²) in [5, 5.41) is 3.13. The summed E-state index contributed by atoms with van der Waals surface area (Å²) in [6, 6.07) is 7.63. The van der Waals surface area contributed by atoms with Gasteiger partial charge in [-0.15, -0.1) is 0 Å². The van der Waals surface area contributed by atoms with E-state index in [1.807, 2.05) is 38.1 Å². The first-order valence-electron chi connectivity index (χ1n) is 12.4. The van der Waals surface area contributed by atoms with Crippen LogP contribution in [-0.4, -0.2) is 55.7 Å². The minimum absolute atomic E-state index is 0.0331. The summed E-state index contributed by atoms with van der Waals surface area (Å²) >= 11 is 0. The molecule has 5 rings (SSSR count). The van der Waals surface area contributed by atoms with Crippen molar-refractivity contribution in [3.8, 4) is 5.75 Å². The van der Waals surface area contributed by atoms with E-state index < -0.39 is 0 Å². The molecular formula is C26H38N2O4. The minimum atomic E-state index is -0.0858. The van der Waals surface area contributed by atoms with E-state index >= 15 is 0 Å². The first-order chi connectivity index (χ1) is 15.4. The molecule has 1 aromatic rings. The van der Waals surface area contributed by atoms with Crippen LogP contribution in [0.4, 0.5) is 0 Å². The second-order valence-electron chi connectivity index (χ2n) is 10.5. The predicted octanol–water partition coefficient (Wildman–Crippen LogP) is 4.04. The van der Waals surface area contributed by atoms with Crippen molar-refractivity contribution >= 4 is 11.9 Å². The fourth-order valence-corrected chi connectivity index (χ4v) is 5.16. The third-order valence-corrected chi connectivity index (χ3v) is 7.49. The molecular weight excluding hydrogens is 404 g/mol. The van der Waals surface area contributed by atoms with E-state index in [1.165, 1.54) is 38.9 Å². The Morgan fingerprint density at radius 3 is 2.25 bits per heavy atom. The highest BCUT2D eigenvalue weighted by atomic mass is 16.5. The summed E-state index contributed by atoms with van der Waals surface area (Å²) in [7, 11) is 0. The molecule has 0 radical (unpaired) electrons. The zero-order valence-electron chi connectivity index (χ0n) is 19.6. The average Bonchev–Trinajstić information content (AvgIpc) is 2.83. The molecule has 6 nitrogen and oxygen atoms in total. The Labute approximate surface area is 192 Å². The average molecular weight is 443 g/mol. The number of piperidine rings is 3. The molecule has 1 N–H and O–H groups in total. The normalized spacial score (nSPS) is 29.5. The summed E-state index contributed by atoms with van der Waals surface area (Å²) in [6.07, 6.45) is 6.85. The van der Waals surface area contributed by atoms with Gasteiger partial charge in [0.15, 0.2) is 0 Å². The molecule has 4 fully saturated rings. The molecule has 1 amide bonds. The van der Waals surface area contributed by atoms with Crippen LogP contribution in [0, 0.1) is 17.3 Å². The summed E-state index contributed by atoms with van der Waals surface area (Å²) in [5.41, 5.74) is 0.991. The zero-order chi connectivity index (χ0) is 22.6. The van der Waals surface area contributed by atoms with Crippen LogP contribution in [0.5, 0.6) is 5.75 Å². The number of ether oxygens (including phenoxy) is 2. The van der Waals surface area contributed by atoms with E-state index in [0.29, 0.717) is 23.5 Å². The van der Waals surface area contributed by atoms with Crippen LogP contribution >= 0.6 is 0 Å². The second-order valence-corrected chi connectivity index (χ2v) is 10.5. The van der Waals surface area contributed by atoms with E-state index in [9.17, 15) is 9.59 Å². The molecule has 3 heterocycles. The Bertz CT molecular complexity index is 762. The van der Waals surface area contributed by atoms with Crippen LogP contribution in [-0.2, 0) is 9.53 Å². The summed E-state index contributed by atoms with van der Waals surface area (Å²) < 4.78 is 11.5. The Balaban J connectivity index is 1.20. The molecule has 6 heteroatoms. The first kappa shape index (κ1) is 23.1. The highest BCUT2D eigenvalue weighted by molar-refractivity contribution is 5.94. The fraction of sp³-hybridized carbons (Fsp3) is 0.692. The molecule has 1 saturated carbocycles. The maximum absolute atomic E-state index is 12.7. The lowest BCUT2D eigenvalue weighted by Crippen LogP contribution is -2.50. The standard InChI is InChI=1S/C26H38N2O4/c1-19(2)17-31-25(30)21-3-7-22(8-4-21)27-24(29)20-5-9-23(10-6-20)32-18-26-11-14-28(15-12-26)16-13-26/h5-6,9-10,19,21-22H,3-4,7-8,11-18H2,1-2H3,(H,27,29). The zero-order valence-corrected chi connectivity index (χ0v) is 19.6. The van der Waals surface area contributed by atoms with Crippen LogP contribution < -0.4 is 10.1 Å². The van der Waals surface area contributed by atoms with E-state index in [-0.39, 0.29) is 23.8 Å². The van der Waals surface area contributed by atoms with Gasteiger partial charge in [-0.25, -0.2) is 0 Å². The first-order valence-corrected chi connectivity index (χ1v) is 12.4. The molecule has 1 aliphatic carbocycles. The molecule has 0 atom stereocenters. The van der Waals surface area contributed by atoms with Crippen molar-refractivity contribution in [1.29, 1.82) is 0 Å². The van der Waals surface area contributed by atoms with E-state index in [4.69, 9.17) is 9.47 Å². The van der Waals surface area contributed by atoms with Gasteiger partial charge in [-0.1, -0.05) is 13.8 Å². The van der Waals surface area contributed by atoms with Crippen molar-refractivity contribution in [3.05, 3.63) is 29.8 Å². The largest absolute Gasteiger partial charge is 0.493 e. The van der Waals surface area contributed by atoms with Crippen molar-refractivity contribution in [1.82, 2.24) is 10.2 Å². The number of hydrogen-bond donors (Lipinski definition) is 1. The monoisotopic (exact) mass is 442 g/mol. The molecule has 2 bridgehead atoms. The number of nitrogens with zero attached hydrogens (tertiary/aromatic N) is 1. The van der Waals surface area contributed by atoms with Gasteiger partial charge in [0.2, 0.25) is 0 Å². The van der Waals surface area contributed by atoms with Gasteiger partial charge in [0.25, 0.3) is 5.91 Å². The number of amides is 1. The van der Waals surface area contributed by atoms with Gasteiger partial charge in [-0.05, 0) is 94.8 Å². The lowest BCUT2D eigenvalue weighted by atomic mass is 9.73. The van der Waals surface area contributed by atoms with Crippen molar-refractivity contribution < 1.29 is 19.1 Å². The van der Waals surface area contributed by atoms with Crippen LogP contribution in [0.3, 0.4) is 0 Å². The van der Waals surface area contributed by atoms with Gasteiger partial charge in [0.1, 0.15) is 5.75 Å². The number of esters is 1. The van der Waals surface area contributed by atoms with Crippen molar-refractivity contribution in [2.24, 2.45) is 17.3 Å². The van der Waals surface area contributed by atoms with Crippen molar-refractivity contribution in [2.45, 2.75) is 64.8 Å². The predicted molar refractivity (Wildman–Crippen MR) is 124 cm³/mol. The number of benzene rings is 1. The Hall–Kier alpha value is -2.08. The van der Waals surface area contributed by atoms with Crippen LogP contribution in [0.25, 0.3) is 0 Å². The summed E-state index contributed by atoms with van der Waals surface area (Å²) in [5.74, 6) is 1.02. The van der Waals surface area contributed by atoms with E-state index in [1.54, 1.807) is 0 Å². The lowest BCUT2D eigenvalue weighted by Gasteiger charge is -2.48. The van der Waals surface area contributed by atoms with Gasteiger partial charge in [0, 0.05) is 17.0 Å². The molecule has 0 aromatic heterocycles. The summed E-state index contributed by atoms with van der Waals surface area (Å²) in [4.78, 5) is 27.4. The third kappa shape index (κ3) is 5.83. The van der Waals surface area contributed by atoms with Gasteiger partial charge in [0.05, 0.1) is 19.1 Å². The van der Waals surface area contributed by atoms with Crippen molar-refractivity contribution in [2.75, 3.05) is 32.8 Å². The smallest absolute Gasteiger partial charge is 0.308 e. The number of hydrogen-bond acceptors (Lipinski definition) is 5. The molecule has 0 unspecified atom stereocenters. The number of fused-ring (bicyclic) bond motifs is 3. The maximum atomic E-state index is 12.7. The number of carbonyl (C=O) groups is 2. The molecule has 32 heavy (non-hydrogen) atoms. The molecule has 1 aromatic carbocycles. The van der Waals surface area contributed by atoms with Gasteiger partial charge < -0.3 is 19.7 Å². The fourth-order valence-electron chi connectivity index (χ4n) is 5.16. The van der Waals surface area contributed by atoms with Gasteiger partial charge in [-0.3, -0.25) is 9.59 Å². The Morgan fingerprint density at radius 2 is 1.66 bits per heavy atom. The van der Waals surface area contributed by atoms with E-state index in [2.05, 4.69) is 10.2 Å². The quantitative estimate of drug-likeness (QED) is 0.616. The highest BCUT2D eigenvalue weighted by Gasteiger charge is 2.40. The number of rotatable bonds is 8. The van der Waals surface area contributed by atoms with Crippen LogP contribution in [0.1, 0.15) is 69.2 Å². The van der Waals surface area contributed by atoms with Gasteiger partial charge in [-0.2, -0.15) is 0 Å². The SMILES string of the molecule is CC(C)COC(=O)C1CCC(NC(=O)c2ccc(OCC34CCN(CC3)CC4)cc2)CC1. The summed E-state index contributed by atoms with van der Waals surface area (Å²) in [6.45, 7) is 8.93. The van der Waals surface area contributed by atoms with E-state index in [0.717, 1.165) is 38.0 Å². The van der Waals surface area contributed by atoms with Crippen molar-refractivity contribution in [3.63, 3.8) is 0 Å². The second kappa shape index (κ2) is 10.2. The molecule has 176 valence electrons. The number of carbonyl (C=O) groups excluding carboxylic acids is 2. The highest BCUT2D eigenvalue weighted by Crippen LogP contribution is 2.40. The third-order valence-electron chi connectivity index (χ3n) is 7.49. The molecule has 3 saturated heterocycles. The Morgan fingerprint density at radius 1 is 1.03 bits per heavy atom. The molecule has 4 aliphatic rings. The Kier molecular flexibility index (Phi) is 7.39.